The smallest absolute Gasteiger partial charge is 0.497 e. The average molecular weight is 1580 g/mol. The minimum Gasteiger partial charge on any atom is -0.497 e. The zero-order chi connectivity index (χ0) is 76.7. The number of hydrogen-bond donors (Lipinski definition) is 2. The van der Waals surface area contributed by atoms with E-state index in [-0.39, 0.29) is 67.7 Å². The summed E-state index contributed by atoms with van der Waals surface area (Å²) >= 11 is 11.5. The lowest BCUT2D eigenvalue weighted by molar-refractivity contribution is -0.1000. The first-order valence-corrected chi connectivity index (χ1v) is 36.5. The molecule has 0 aliphatic carbocycles. The summed E-state index contributed by atoms with van der Waals surface area (Å²) in [5.74, 6) is 0.686. The van der Waals surface area contributed by atoms with Gasteiger partial charge in [0.15, 0.2) is 0 Å². The van der Waals surface area contributed by atoms with E-state index < -0.39 is 73.0 Å². The molecule has 0 radical (unpaired) electrons. The Kier molecular flexibility index (Phi) is 27.7. The van der Waals surface area contributed by atoms with Gasteiger partial charge in [-0.05, 0) is 164 Å². The van der Waals surface area contributed by atoms with Crippen molar-refractivity contribution in [2.45, 2.75) is 181 Å². The van der Waals surface area contributed by atoms with Gasteiger partial charge in [0.05, 0.1) is 59.3 Å². The van der Waals surface area contributed by atoms with Gasteiger partial charge in [0, 0.05) is 31.9 Å². The Labute approximate surface area is 635 Å². The number of aliphatic hydroxyl groups excluding tert-OH is 1. The molecule has 0 amide bonds. The topological polar surface area (TPSA) is 238 Å². The molecule has 2 N–H and O–H groups in total. The molecule has 4 fully saturated rings. The lowest BCUT2D eigenvalue weighted by Gasteiger charge is -2.37. The lowest BCUT2D eigenvalue weighted by atomic mass is 9.79. The zero-order valence-corrected chi connectivity index (χ0v) is 65.3. The van der Waals surface area contributed by atoms with Crippen LogP contribution in [0.5, 0.6) is 5.75 Å². The number of alkyl halides is 3. The molecule has 6 aromatic carbocycles. The van der Waals surface area contributed by atoms with Crippen molar-refractivity contribution in [3.05, 3.63) is 242 Å². The summed E-state index contributed by atoms with van der Waals surface area (Å²) in [6.45, 7) is 28.0. The molecule has 0 saturated carbocycles. The number of benzene rings is 6. The lowest BCUT2D eigenvalue weighted by Crippen LogP contribution is -2.41. The molecule has 21 nitrogen and oxygen atoms in total. The highest BCUT2D eigenvalue weighted by Gasteiger charge is 2.54. The van der Waals surface area contributed by atoms with E-state index in [0.717, 1.165) is 55.3 Å². The molecule has 27 heteroatoms. The van der Waals surface area contributed by atoms with Crippen LogP contribution in [-0.4, -0.2) is 128 Å². The van der Waals surface area contributed by atoms with Crippen LogP contribution >= 0.6 is 45.8 Å². The Bertz CT molecular complexity index is 4170. The highest BCUT2D eigenvalue weighted by molar-refractivity contribution is 14.1. The van der Waals surface area contributed by atoms with Crippen LogP contribution < -0.4 is 32.4 Å². The second-order valence-electron chi connectivity index (χ2n) is 28.3. The average Bonchev–Trinajstić information content (AvgIpc) is 1.74. The fraction of sp³-hybridized carbons (Fsp3) is 0.416. The standard InChI is InChI=1S/C45H49BN2O10.C17H21BN2O4.C13H19BO3.CH2Cl2.CH3I/c1-29-13-17-33(18-14-29)45(32-11-9-8-10-12-32,34-19-23-36(52-7)24-20-34)54-28-38-37(25-39(55-38)48-26-30(2)40(49)47-41(48)50)56-42(51)53-27-31-15-21-35(22-16-31)46-57-43(3,4)44(5,6)58-46;1-16(2)17(3,4)24-18(23-16)14-7-5-13(6-8-14)11-22-15(21)20-10-9-19-12-20;1-12(2)13(3,4)17-14(16-12)11-7-5-10(9-15)6-8-11;2-1-3;1-2/h8-24,26,37-39H,25,27-28H2,1-7H3,(H,47,49,50);5-10,12H,11H2,1-4H3;5-8,15H,9H2,1-4H3;1H2;1H3/t37-,38+,39+,45?;;;;/m0..../s1/i;;;;1D. The number of aromatic amines is 1. The maximum absolute atomic E-state index is 13.4. The third-order valence-corrected chi connectivity index (χ3v) is 19.6. The van der Waals surface area contributed by atoms with Crippen LogP contribution in [0.3, 0.4) is 0 Å². The van der Waals surface area contributed by atoms with Crippen molar-refractivity contribution < 1.29 is 72.4 Å². The van der Waals surface area contributed by atoms with Gasteiger partial charge >= 0.3 is 39.3 Å². The Balaban J connectivity index is 0.000000240. The predicted octanol–water partition coefficient (Wildman–Crippen LogP) is 12.8. The number of H-pyrrole nitrogens is 1. The summed E-state index contributed by atoms with van der Waals surface area (Å²) in [6.07, 6.45) is 1.99. The van der Waals surface area contributed by atoms with Gasteiger partial charge in [0.2, 0.25) is 0 Å². The van der Waals surface area contributed by atoms with Gasteiger partial charge in [-0.25, -0.2) is 23.9 Å². The number of ether oxygens (including phenoxy) is 6. The summed E-state index contributed by atoms with van der Waals surface area (Å²) < 4.78 is 80.9. The summed E-state index contributed by atoms with van der Waals surface area (Å²) in [7, 11) is 0.378. The molecule has 554 valence electrons. The van der Waals surface area contributed by atoms with Crippen LogP contribution in [0, 0.1) is 13.8 Å². The molecule has 4 aliphatic rings. The van der Waals surface area contributed by atoms with E-state index >= 15 is 0 Å². The number of aliphatic hydroxyl groups is 1. The first-order chi connectivity index (χ1) is 49.7. The number of aryl methyl sites for hydroxylation is 2. The summed E-state index contributed by atoms with van der Waals surface area (Å²) in [5.41, 5.74) is 4.65. The molecule has 0 bridgehead atoms. The van der Waals surface area contributed by atoms with E-state index in [0.29, 0.717) is 16.2 Å². The number of aromatic nitrogens is 4. The molecule has 4 saturated heterocycles. The van der Waals surface area contributed by atoms with Crippen molar-refractivity contribution in [1.82, 2.24) is 19.1 Å². The number of nitrogens with one attached hydrogen (secondary N) is 1. The number of hydrogen-bond acceptors (Lipinski definition) is 18. The maximum Gasteiger partial charge on any atom is 0.508 e. The number of imidazole rings is 1. The molecular formula is C77H94B3Cl2IN4O17. The molecule has 12 rings (SSSR count). The summed E-state index contributed by atoms with van der Waals surface area (Å²) in [4.78, 5) is 57.1. The minimum absolute atomic E-state index is 0.0543. The largest absolute Gasteiger partial charge is 0.508 e. The van der Waals surface area contributed by atoms with Gasteiger partial charge in [0.1, 0.15) is 49.3 Å². The molecule has 4 atom stereocenters. The minimum atomic E-state index is -1.15. The predicted molar refractivity (Wildman–Crippen MR) is 413 cm³/mol. The zero-order valence-electron chi connectivity index (χ0n) is 62.6. The number of halogens is 3. The van der Waals surface area contributed by atoms with Gasteiger partial charge in [0.25, 0.3) is 5.56 Å². The quantitative estimate of drug-likeness (QED) is 0.0283. The molecule has 104 heavy (non-hydrogen) atoms. The highest BCUT2D eigenvalue weighted by Crippen LogP contribution is 2.44. The Morgan fingerprint density at radius 1 is 0.644 bits per heavy atom. The second kappa shape index (κ2) is 35.5. The fourth-order valence-electron chi connectivity index (χ4n) is 11.3. The van der Waals surface area contributed by atoms with E-state index in [2.05, 4.69) is 9.97 Å². The summed E-state index contributed by atoms with van der Waals surface area (Å²) in [6, 6.07) is 48.4. The van der Waals surface area contributed by atoms with E-state index in [1.807, 2.05) is 264 Å². The van der Waals surface area contributed by atoms with Gasteiger partial charge < -0.3 is 61.5 Å². The van der Waals surface area contributed by atoms with Crippen LogP contribution in [0.2, 0.25) is 0 Å². The van der Waals surface area contributed by atoms with Gasteiger partial charge in [-0.15, -0.1) is 23.2 Å². The maximum atomic E-state index is 13.4. The van der Waals surface area contributed by atoms with Crippen molar-refractivity contribution in [3.63, 3.8) is 0 Å². The number of carbonyl (C=O) groups excluding carboxylic acids is 2. The number of methoxy groups -OCH3 is 1. The molecule has 0 spiro atoms. The highest BCUT2D eigenvalue weighted by atomic mass is 127. The van der Waals surface area contributed by atoms with E-state index in [1.165, 1.54) is 27.9 Å². The molecule has 8 aromatic rings. The molecule has 4 aliphatic heterocycles. The summed E-state index contributed by atoms with van der Waals surface area (Å²) in [5, 5.41) is 9.19. The third-order valence-electron chi connectivity index (χ3n) is 19.6. The van der Waals surface area contributed by atoms with Crippen LogP contribution in [0.25, 0.3) is 0 Å². The Morgan fingerprint density at radius 3 is 1.49 bits per heavy atom. The number of carbonyl (C=O) groups is 2. The molecule has 1 unspecified atom stereocenters. The fourth-order valence-corrected chi connectivity index (χ4v) is 11.3. The van der Waals surface area contributed by atoms with E-state index in [4.69, 9.17) is 86.0 Å². The van der Waals surface area contributed by atoms with Gasteiger partial charge in [-0.3, -0.25) is 14.3 Å². The van der Waals surface area contributed by atoms with E-state index in [9.17, 15) is 19.2 Å². The van der Waals surface area contributed by atoms with Crippen molar-refractivity contribution in [2.75, 3.05) is 24.0 Å². The molecule has 2 aromatic heterocycles. The Hall–Kier alpha value is -7.11. The molecule has 6 heterocycles. The SMILES string of the molecule is CC1(C)OB(c2ccc(CO)cc2)OC1(C)C.CC1(C)OB(c2ccc(COC(=O)n3ccnc3)cc2)OC1(C)C.COc1ccc(C(OC[C@H]2O[C@@H](n3cc(C)c(=O)[nH]c3=O)C[C@@H]2OC(=O)OCc2ccc(B3OC(C)(C)C(C)(C)O3)cc2)(c2ccccc2)c2ccc(C)cc2)cc1.ClCCl.[2H]CI. The van der Waals surface area contributed by atoms with Crippen molar-refractivity contribution >= 4 is 95.8 Å². The Morgan fingerprint density at radius 2 is 1.07 bits per heavy atom. The van der Waals surface area contributed by atoms with Crippen molar-refractivity contribution in [2.24, 2.45) is 0 Å². The first kappa shape index (κ1) is 81.0. The monoisotopic (exact) mass is 1580 g/mol. The number of nitrogens with zero attached hydrogens (tertiary/aromatic N) is 3. The van der Waals surface area contributed by atoms with Gasteiger partial charge in [-0.2, -0.15) is 0 Å². The molecular weight excluding hydrogens is 1480 g/mol. The van der Waals surface area contributed by atoms with Crippen molar-refractivity contribution in [3.8, 4) is 5.75 Å². The second-order valence-corrected chi connectivity index (χ2v) is 29.1. The first-order valence-electron chi connectivity index (χ1n) is 34.7. The van der Waals surface area contributed by atoms with Gasteiger partial charge in [-0.1, -0.05) is 168 Å². The normalized spacial score (nSPS) is 19.7. The van der Waals surface area contributed by atoms with Crippen LogP contribution in [0.1, 0.15) is 142 Å². The van der Waals surface area contributed by atoms with Crippen LogP contribution in [0.4, 0.5) is 9.59 Å². The van der Waals surface area contributed by atoms with Crippen LogP contribution in [0.15, 0.2) is 186 Å². The number of rotatable bonds is 17. The van der Waals surface area contributed by atoms with Crippen LogP contribution in [-0.2, 0) is 77.0 Å². The third kappa shape index (κ3) is 19.9. The van der Waals surface area contributed by atoms with Crippen molar-refractivity contribution in [1.29, 1.82) is 0 Å². The van der Waals surface area contributed by atoms with E-state index in [1.54, 1.807) is 20.2 Å².